The Balaban J connectivity index is 1.91. The first-order chi connectivity index (χ1) is 8.79. The molecular formula is C14H19N3O. The smallest absolute Gasteiger partial charge is 0.126 e. The van der Waals surface area contributed by atoms with Gasteiger partial charge in [-0.05, 0) is 24.6 Å². The Hall–Kier alpha value is -1.65. The maximum atomic E-state index is 5.85. The van der Waals surface area contributed by atoms with E-state index in [1.807, 2.05) is 24.3 Å². The monoisotopic (exact) mass is 245 g/mol. The lowest BCUT2D eigenvalue weighted by atomic mass is 10.2. The van der Waals surface area contributed by atoms with Gasteiger partial charge in [-0.2, -0.15) is 0 Å². The number of nitrogens with two attached hydrogens (primary N) is 1. The highest BCUT2D eigenvalue weighted by molar-refractivity contribution is 5.79. The summed E-state index contributed by atoms with van der Waals surface area (Å²) in [6.45, 7) is 1.39. The SMILES string of the molecule is COCC(N)CCNc1ccc2ccccc2n1. The van der Waals surface area contributed by atoms with Gasteiger partial charge in [-0.1, -0.05) is 18.2 Å². The first-order valence-corrected chi connectivity index (χ1v) is 6.14. The summed E-state index contributed by atoms with van der Waals surface area (Å²) in [6, 6.07) is 12.2. The lowest BCUT2D eigenvalue weighted by Crippen LogP contribution is -2.28. The molecule has 96 valence electrons. The van der Waals surface area contributed by atoms with E-state index in [2.05, 4.69) is 22.4 Å². The Morgan fingerprint density at radius 2 is 2.11 bits per heavy atom. The van der Waals surface area contributed by atoms with E-state index in [0.717, 1.165) is 29.7 Å². The predicted molar refractivity (Wildman–Crippen MR) is 74.7 cm³/mol. The Morgan fingerprint density at radius 1 is 1.28 bits per heavy atom. The van der Waals surface area contributed by atoms with Crippen LogP contribution >= 0.6 is 0 Å². The minimum atomic E-state index is 0.0722. The number of hydrogen-bond acceptors (Lipinski definition) is 4. The second-order valence-electron chi connectivity index (χ2n) is 4.32. The fourth-order valence-electron chi connectivity index (χ4n) is 1.85. The van der Waals surface area contributed by atoms with Crippen LogP contribution in [0.3, 0.4) is 0 Å². The van der Waals surface area contributed by atoms with E-state index in [0.29, 0.717) is 6.61 Å². The van der Waals surface area contributed by atoms with Crippen molar-refractivity contribution < 1.29 is 4.74 Å². The Bertz CT molecular complexity index is 501. The molecule has 1 aromatic heterocycles. The first-order valence-electron chi connectivity index (χ1n) is 6.14. The van der Waals surface area contributed by atoms with Gasteiger partial charge in [0.15, 0.2) is 0 Å². The van der Waals surface area contributed by atoms with Gasteiger partial charge in [-0.3, -0.25) is 0 Å². The molecule has 1 aromatic carbocycles. The van der Waals surface area contributed by atoms with Gasteiger partial charge in [-0.15, -0.1) is 0 Å². The van der Waals surface area contributed by atoms with Gasteiger partial charge in [0, 0.05) is 25.1 Å². The number of aromatic nitrogens is 1. The zero-order chi connectivity index (χ0) is 12.8. The molecule has 2 aromatic rings. The van der Waals surface area contributed by atoms with Crippen LogP contribution in [-0.2, 0) is 4.74 Å². The van der Waals surface area contributed by atoms with Crippen LogP contribution < -0.4 is 11.1 Å². The molecule has 0 amide bonds. The zero-order valence-corrected chi connectivity index (χ0v) is 10.6. The van der Waals surface area contributed by atoms with Crippen molar-refractivity contribution >= 4 is 16.7 Å². The summed E-state index contributed by atoms with van der Waals surface area (Å²) in [7, 11) is 1.66. The van der Waals surface area contributed by atoms with Crippen LogP contribution in [0.4, 0.5) is 5.82 Å². The number of hydrogen-bond donors (Lipinski definition) is 2. The highest BCUT2D eigenvalue weighted by atomic mass is 16.5. The Kier molecular flexibility index (Phi) is 4.50. The normalized spacial score (nSPS) is 12.6. The van der Waals surface area contributed by atoms with Crippen molar-refractivity contribution in [3.05, 3.63) is 36.4 Å². The standard InChI is InChI=1S/C14H19N3O/c1-18-10-12(15)8-9-16-14-7-6-11-4-2-3-5-13(11)17-14/h2-7,12H,8-10,15H2,1H3,(H,16,17). The average molecular weight is 245 g/mol. The zero-order valence-electron chi connectivity index (χ0n) is 10.6. The third-order valence-electron chi connectivity index (χ3n) is 2.80. The lowest BCUT2D eigenvalue weighted by molar-refractivity contribution is 0.178. The maximum absolute atomic E-state index is 5.85. The topological polar surface area (TPSA) is 60.2 Å². The summed E-state index contributed by atoms with van der Waals surface area (Å²) in [5, 5.41) is 4.43. The molecule has 1 heterocycles. The highest BCUT2D eigenvalue weighted by Gasteiger charge is 2.02. The largest absolute Gasteiger partial charge is 0.383 e. The number of pyridine rings is 1. The van der Waals surface area contributed by atoms with E-state index in [4.69, 9.17) is 10.5 Å². The van der Waals surface area contributed by atoms with Crippen molar-refractivity contribution in [2.45, 2.75) is 12.5 Å². The molecule has 0 aliphatic rings. The second kappa shape index (κ2) is 6.33. The summed E-state index contributed by atoms with van der Waals surface area (Å²) >= 11 is 0. The van der Waals surface area contributed by atoms with Crippen molar-refractivity contribution in [1.82, 2.24) is 4.98 Å². The summed E-state index contributed by atoms with van der Waals surface area (Å²) in [6.07, 6.45) is 0.863. The van der Waals surface area contributed by atoms with E-state index < -0.39 is 0 Å². The number of rotatable bonds is 6. The molecule has 0 fully saturated rings. The summed E-state index contributed by atoms with van der Waals surface area (Å²) in [5.41, 5.74) is 6.86. The van der Waals surface area contributed by atoms with Gasteiger partial charge in [-0.25, -0.2) is 4.98 Å². The number of anilines is 1. The maximum Gasteiger partial charge on any atom is 0.126 e. The molecule has 0 aliphatic heterocycles. The van der Waals surface area contributed by atoms with Crippen LogP contribution in [0.2, 0.25) is 0 Å². The Labute approximate surface area is 107 Å². The quantitative estimate of drug-likeness (QED) is 0.817. The van der Waals surface area contributed by atoms with Crippen LogP contribution in [0.1, 0.15) is 6.42 Å². The molecule has 0 saturated heterocycles. The highest BCUT2D eigenvalue weighted by Crippen LogP contribution is 2.14. The minimum absolute atomic E-state index is 0.0722. The van der Waals surface area contributed by atoms with E-state index in [1.54, 1.807) is 7.11 Å². The molecule has 1 atom stereocenters. The molecule has 2 rings (SSSR count). The van der Waals surface area contributed by atoms with Gasteiger partial charge < -0.3 is 15.8 Å². The van der Waals surface area contributed by atoms with Crippen LogP contribution in [0.15, 0.2) is 36.4 Å². The second-order valence-corrected chi connectivity index (χ2v) is 4.32. The van der Waals surface area contributed by atoms with E-state index >= 15 is 0 Å². The van der Waals surface area contributed by atoms with Crippen molar-refractivity contribution in [2.24, 2.45) is 5.73 Å². The number of nitrogens with one attached hydrogen (secondary N) is 1. The molecular weight excluding hydrogens is 226 g/mol. The number of benzene rings is 1. The van der Waals surface area contributed by atoms with Crippen LogP contribution in [-0.4, -0.2) is 31.3 Å². The van der Waals surface area contributed by atoms with Crippen molar-refractivity contribution in [2.75, 3.05) is 25.6 Å². The van der Waals surface area contributed by atoms with Gasteiger partial charge >= 0.3 is 0 Å². The van der Waals surface area contributed by atoms with Crippen LogP contribution in [0, 0.1) is 0 Å². The number of para-hydroxylation sites is 1. The Morgan fingerprint density at radius 3 is 2.94 bits per heavy atom. The predicted octanol–water partition coefficient (Wildman–Crippen LogP) is 2.01. The average Bonchev–Trinajstić information content (AvgIpc) is 2.39. The molecule has 4 nitrogen and oxygen atoms in total. The van der Waals surface area contributed by atoms with Crippen LogP contribution in [0.5, 0.6) is 0 Å². The molecule has 1 unspecified atom stereocenters. The number of nitrogens with zero attached hydrogens (tertiary/aromatic N) is 1. The molecule has 3 N–H and O–H groups in total. The summed E-state index contributed by atoms with van der Waals surface area (Å²) < 4.78 is 5.00. The summed E-state index contributed by atoms with van der Waals surface area (Å²) in [5.74, 6) is 0.887. The van der Waals surface area contributed by atoms with Gasteiger partial charge in [0.25, 0.3) is 0 Å². The molecule has 0 spiro atoms. The van der Waals surface area contributed by atoms with Crippen molar-refractivity contribution in [1.29, 1.82) is 0 Å². The van der Waals surface area contributed by atoms with Crippen molar-refractivity contribution in [3.63, 3.8) is 0 Å². The fourth-order valence-corrected chi connectivity index (χ4v) is 1.85. The third-order valence-corrected chi connectivity index (χ3v) is 2.80. The molecule has 18 heavy (non-hydrogen) atoms. The lowest BCUT2D eigenvalue weighted by Gasteiger charge is -2.11. The van der Waals surface area contributed by atoms with E-state index in [-0.39, 0.29) is 6.04 Å². The van der Waals surface area contributed by atoms with Crippen molar-refractivity contribution in [3.8, 4) is 0 Å². The molecule has 0 saturated carbocycles. The molecule has 0 bridgehead atoms. The summed E-state index contributed by atoms with van der Waals surface area (Å²) in [4.78, 5) is 4.53. The molecule has 0 radical (unpaired) electrons. The fraction of sp³-hybridized carbons (Fsp3) is 0.357. The first kappa shape index (κ1) is 12.8. The molecule has 4 heteroatoms. The third kappa shape index (κ3) is 3.42. The number of ether oxygens (including phenoxy) is 1. The number of methoxy groups -OCH3 is 1. The molecule has 0 aliphatic carbocycles. The van der Waals surface area contributed by atoms with Gasteiger partial charge in [0.1, 0.15) is 5.82 Å². The van der Waals surface area contributed by atoms with Gasteiger partial charge in [0.05, 0.1) is 12.1 Å². The van der Waals surface area contributed by atoms with Crippen LogP contribution in [0.25, 0.3) is 10.9 Å². The minimum Gasteiger partial charge on any atom is -0.383 e. The van der Waals surface area contributed by atoms with Gasteiger partial charge in [0.2, 0.25) is 0 Å². The van der Waals surface area contributed by atoms with E-state index in [1.165, 1.54) is 0 Å². The number of fused-ring (bicyclic) bond motifs is 1. The van der Waals surface area contributed by atoms with E-state index in [9.17, 15) is 0 Å².